The van der Waals surface area contributed by atoms with E-state index in [1.165, 1.54) is 31.4 Å². The van der Waals surface area contributed by atoms with E-state index in [1.807, 2.05) is 0 Å². The first-order chi connectivity index (χ1) is 23.2. The number of carboxylic acids is 1. The smallest absolute Gasteiger partial charge is 0.343 e. The number of carbonyl (C=O) groups excluding carboxylic acids is 3. The summed E-state index contributed by atoms with van der Waals surface area (Å²) < 4.78 is 11.2. The van der Waals surface area contributed by atoms with Gasteiger partial charge in [-0.15, -0.1) is 0 Å². The molecule has 4 rings (SSSR count). The summed E-state index contributed by atoms with van der Waals surface area (Å²) in [4.78, 5) is 49.8. The number of anilines is 1. The van der Waals surface area contributed by atoms with Crippen molar-refractivity contribution in [2.45, 2.75) is 57.9 Å². The van der Waals surface area contributed by atoms with Gasteiger partial charge in [0.2, 0.25) is 5.91 Å². The number of ether oxygens (including phenoxy) is 2. The number of nitrogens with one attached hydrogen (secondary N) is 2. The van der Waals surface area contributed by atoms with Gasteiger partial charge in [-0.05, 0) is 90.3 Å². The fourth-order valence-electron chi connectivity index (χ4n) is 4.82. The van der Waals surface area contributed by atoms with Crippen LogP contribution in [0.3, 0.4) is 0 Å². The molecule has 3 N–H and O–H groups in total. The van der Waals surface area contributed by atoms with Gasteiger partial charge in [0.25, 0.3) is 5.91 Å². The Morgan fingerprint density at radius 1 is 0.729 bits per heavy atom. The fourth-order valence-corrected chi connectivity index (χ4v) is 4.94. The lowest BCUT2D eigenvalue weighted by Crippen LogP contribution is -2.42. The van der Waals surface area contributed by atoms with Crippen LogP contribution >= 0.6 is 11.6 Å². The van der Waals surface area contributed by atoms with Crippen molar-refractivity contribution < 1.29 is 33.8 Å². The van der Waals surface area contributed by atoms with E-state index in [-0.39, 0.29) is 24.3 Å². The zero-order chi connectivity index (χ0) is 34.3. The van der Waals surface area contributed by atoms with Crippen molar-refractivity contribution in [2.75, 3.05) is 11.9 Å². The van der Waals surface area contributed by atoms with Gasteiger partial charge in [0, 0.05) is 22.7 Å². The predicted octanol–water partition coefficient (Wildman–Crippen LogP) is 7.52. The van der Waals surface area contributed by atoms with Gasteiger partial charge in [-0.3, -0.25) is 9.59 Å². The van der Waals surface area contributed by atoms with E-state index in [1.54, 1.807) is 84.9 Å². The van der Waals surface area contributed by atoms with Gasteiger partial charge in [-0.1, -0.05) is 68.5 Å². The van der Waals surface area contributed by atoms with Crippen molar-refractivity contribution in [3.63, 3.8) is 0 Å². The molecule has 4 aromatic rings. The Morgan fingerprint density at radius 2 is 1.33 bits per heavy atom. The highest BCUT2D eigenvalue weighted by atomic mass is 35.5. The third kappa shape index (κ3) is 11.6. The van der Waals surface area contributed by atoms with Crippen LogP contribution in [0.5, 0.6) is 11.5 Å². The van der Waals surface area contributed by atoms with Gasteiger partial charge >= 0.3 is 11.9 Å². The third-order valence-corrected chi connectivity index (χ3v) is 7.74. The number of unbranched alkanes of at least 4 members (excludes halogenated alkanes) is 4. The van der Waals surface area contributed by atoms with Crippen LogP contribution < -0.4 is 20.1 Å². The second kappa shape index (κ2) is 18.3. The van der Waals surface area contributed by atoms with Crippen molar-refractivity contribution in [3.05, 3.63) is 124 Å². The molecule has 48 heavy (non-hydrogen) atoms. The number of hydrogen-bond donors (Lipinski definition) is 3. The van der Waals surface area contributed by atoms with E-state index in [4.69, 9.17) is 21.1 Å². The largest absolute Gasteiger partial charge is 0.494 e. The molecule has 0 unspecified atom stereocenters. The van der Waals surface area contributed by atoms with Crippen LogP contribution in [-0.4, -0.2) is 41.5 Å². The molecule has 2 amide bonds. The molecule has 0 fully saturated rings. The molecule has 0 saturated heterocycles. The first-order valence-electron chi connectivity index (χ1n) is 15.9. The molecule has 4 aromatic carbocycles. The molecule has 9 nitrogen and oxygen atoms in total. The van der Waals surface area contributed by atoms with Crippen LogP contribution in [0.2, 0.25) is 5.02 Å². The molecule has 0 aliphatic heterocycles. The van der Waals surface area contributed by atoms with Crippen molar-refractivity contribution in [3.8, 4) is 11.5 Å². The SMILES string of the molecule is CCCCCCCOc1ccc(C(=O)Oc2ccc(C[C@H](NC(=O)c3ccc(NC(=O)Cc4ccc(Cl)cc4)cc3)C(=O)O)cc2)cc1. The van der Waals surface area contributed by atoms with Crippen molar-refractivity contribution >= 4 is 41.0 Å². The molecular formula is C38H39ClN2O7. The van der Waals surface area contributed by atoms with Crippen molar-refractivity contribution in [1.29, 1.82) is 0 Å². The zero-order valence-corrected chi connectivity index (χ0v) is 27.5. The lowest BCUT2D eigenvalue weighted by atomic mass is 10.0. The van der Waals surface area contributed by atoms with Crippen molar-refractivity contribution in [2.24, 2.45) is 0 Å². The molecule has 0 bridgehead atoms. The van der Waals surface area contributed by atoms with Gasteiger partial charge in [0.05, 0.1) is 18.6 Å². The van der Waals surface area contributed by atoms with Crippen LogP contribution in [0.4, 0.5) is 5.69 Å². The number of amides is 2. The molecule has 0 radical (unpaired) electrons. The number of carbonyl (C=O) groups is 4. The summed E-state index contributed by atoms with van der Waals surface area (Å²) in [5.41, 5.74) is 2.53. The molecule has 0 aliphatic rings. The molecular weight excluding hydrogens is 632 g/mol. The van der Waals surface area contributed by atoms with Crippen LogP contribution in [0, 0.1) is 0 Å². The summed E-state index contributed by atoms with van der Waals surface area (Å²) in [6.07, 6.45) is 5.92. The van der Waals surface area contributed by atoms with E-state index < -0.39 is 23.9 Å². The number of carboxylic acid groups (broad SMARTS) is 1. The zero-order valence-electron chi connectivity index (χ0n) is 26.7. The number of benzene rings is 4. The highest BCUT2D eigenvalue weighted by Gasteiger charge is 2.21. The van der Waals surface area contributed by atoms with Gasteiger partial charge in [-0.25, -0.2) is 9.59 Å². The Labute approximate surface area is 285 Å². The number of esters is 1. The summed E-state index contributed by atoms with van der Waals surface area (Å²) in [5.74, 6) is -1.55. The molecule has 0 aliphatic carbocycles. The van der Waals surface area contributed by atoms with Gasteiger partial charge in [0.15, 0.2) is 0 Å². The summed E-state index contributed by atoms with van der Waals surface area (Å²) in [7, 11) is 0. The maximum atomic E-state index is 12.8. The summed E-state index contributed by atoms with van der Waals surface area (Å²) >= 11 is 5.89. The summed E-state index contributed by atoms with van der Waals surface area (Å²) in [6.45, 7) is 2.81. The Kier molecular flexibility index (Phi) is 13.6. The number of hydrogen-bond acceptors (Lipinski definition) is 6. The number of rotatable bonds is 17. The van der Waals surface area contributed by atoms with E-state index in [2.05, 4.69) is 17.6 Å². The third-order valence-electron chi connectivity index (χ3n) is 7.49. The lowest BCUT2D eigenvalue weighted by Gasteiger charge is -2.15. The second-order valence-electron chi connectivity index (χ2n) is 11.3. The van der Waals surface area contributed by atoms with E-state index in [9.17, 15) is 24.3 Å². The van der Waals surface area contributed by atoms with Gasteiger partial charge < -0.3 is 25.2 Å². The van der Waals surface area contributed by atoms with Crippen LogP contribution in [0.15, 0.2) is 97.1 Å². The topological polar surface area (TPSA) is 131 Å². The van der Waals surface area contributed by atoms with Crippen molar-refractivity contribution in [1.82, 2.24) is 5.32 Å². The summed E-state index contributed by atoms with van der Waals surface area (Å²) in [6, 6.07) is 25.1. The van der Waals surface area contributed by atoms with E-state index in [0.717, 1.165) is 18.4 Å². The van der Waals surface area contributed by atoms with E-state index >= 15 is 0 Å². The maximum absolute atomic E-state index is 12.8. The molecule has 0 spiro atoms. The Balaban J connectivity index is 1.24. The standard InChI is InChI=1S/C38H39ClN2O7/c1-2-3-4-5-6-23-47-32-21-13-29(14-22-32)38(46)48-33-19-9-26(10-20-33)24-34(37(44)45)41-36(43)28-11-17-31(18-12-28)40-35(42)25-27-7-15-30(39)16-8-27/h7-22,34H,2-6,23-25H2,1H3,(H,40,42)(H,41,43)(H,44,45)/t34-/m0/s1. The fraction of sp³-hybridized carbons (Fsp3) is 0.263. The maximum Gasteiger partial charge on any atom is 0.343 e. The highest BCUT2D eigenvalue weighted by Crippen LogP contribution is 2.19. The minimum Gasteiger partial charge on any atom is -0.494 e. The van der Waals surface area contributed by atoms with Crippen LogP contribution in [0.1, 0.15) is 70.9 Å². The summed E-state index contributed by atoms with van der Waals surface area (Å²) in [5, 5.41) is 15.7. The first-order valence-corrected chi connectivity index (χ1v) is 16.3. The normalized spacial score (nSPS) is 11.3. The average Bonchev–Trinajstić information content (AvgIpc) is 3.08. The number of halogens is 1. The number of aliphatic carboxylic acids is 1. The molecule has 250 valence electrons. The Hall–Kier alpha value is -5.15. The Morgan fingerprint density at radius 3 is 1.98 bits per heavy atom. The van der Waals surface area contributed by atoms with Crippen LogP contribution in [0.25, 0.3) is 0 Å². The molecule has 0 heterocycles. The minimum absolute atomic E-state index is 0.00814. The highest BCUT2D eigenvalue weighted by molar-refractivity contribution is 6.30. The predicted molar refractivity (Wildman–Crippen MR) is 185 cm³/mol. The first kappa shape index (κ1) is 35.7. The van der Waals surface area contributed by atoms with Gasteiger partial charge in [0.1, 0.15) is 17.5 Å². The minimum atomic E-state index is -1.21. The second-order valence-corrected chi connectivity index (χ2v) is 11.8. The monoisotopic (exact) mass is 670 g/mol. The molecule has 0 saturated carbocycles. The Bertz CT molecular complexity index is 1660. The molecule has 0 aromatic heterocycles. The van der Waals surface area contributed by atoms with Gasteiger partial charge in [-0.2, -0.15) is 0 Å². The molecule has 1 atom stereocenters. The quantitative estimate of drug-likeness (QED) is 0.0602. The van der Waals surface area contributed by atoms with E-state index in [0.29, 0.717) is 39.9 Å². The molecule has 10 heteroatoms. The lowest BCUT2D eigenvalue weighted by molar-refractivity contribution is -0.139. The average molecular weight is 671 g/mol. The van der Waals surface area contributed by atoms with Crippen LogP contribution in [-0.2, 0) is 22.4 Å².